The summed E-state index contributed by atoms with van der Waals surface area (Å²) in [6.07, 6.45) is 5.48. The van der Waals surface area contributed by atoms with Gasteiger partial charge in [-0.25, -0.2) is 9.67 Å². The Morgan fingerprint density at radius 2 is 1.96 bits per heavy atom. The highest BCUT2D eigenvalue weighted by atomic mass is 15.3. The minimum absolute atomic E-state index is 0.495. The van der Waals surface area contributed by atoms with Crippen LogP contribution in [0.15, 0.2) is 30.6 Å². The summed E-state index contributed by atoms with van der Waals surface area (Å²) >= 11 is 0. The van der Waals surface area contributed by atoms with Gasteiger partial charge in [0.2, 0.25) is 0 Å². The van der Waals surface area contributed by atoms with E-state index in [2.05, 4.69) is 65.2 Å². The Morgan fingerprint density at radius 1 is 1.17 bits per heavy atom. The average molecular weight is 327 g/mol. The molecule has 1 aromatic heterocycles. The lowest BCUT2D eigenvalue weighted by Crippen LogP contribution is -2.34. The SMILES string of the molecule is CCn1ncnc1CN1CCCC[C@H]1c1ccc(CN(C)C)cc1. The quantitative estimate of drug-likeness (QED) is 0.817. The first kappa shape index (κ1) is 17.1. The Balaban J connectivity index is 1.74. The number of likely N-dealkylation sites (tertiary alicyclic amines) is 1. The van der Waals surface area contributed by atoms with Crippen LogP contribution in [-0.4, -0.2) is 45.2 Å². The Hall–Kier alpha value is -1.72. The van der Waals surface area contributed by atoms with Gasteiger partial charge in [-0.05, 0) is 51.5 Å². The van der Waals surface area contributed by atoms with E-state index in [9.17, 15) is 0 Å². The number of aromatic nitrogens is 3. The van der Waals surface area contributed by atoms with Gasteiger partial charge in [0, 0.05) is 19.1 Å². The van der Waals surface area contributed by atoms with Crippen molar-refractivity contribution in [2.45, 2.75) is 51.9 Å². The zero-order valence-electron chi connectivity index (χ0n) is 15.1. The summed E-state index contributed by atoms with van der Waals surface area (Å²) in [5, 5.41) is 4.31. The third-order valence-corrected chi connectivity index (χ3v) is 4.82. The number of piperidine rings is 1. The minimum atomic E-state index is 0.495. The molecule has 0 radical (unpaired) electrons. The number of hydrogen-bond donors (Lipinski definition) is 0. The lowest BCUT2D eigenvalue weighted by atomic mass is 9.94. The third kappa shape index (κ3) is 4.02. The molecule has 1 aromatic carbocycles. The van der Waals surface area contributed by atoms with Gasteiger partial charge in [0.1, 0.15) is 12.2 Å². The molecule has 5 heteroatoms. The van der Waals surface area contributed by atoms with Gasteiger partial charge < -0.3 is 4.90 Å². The molecule has 1 aliphatic rings. The first-order valence-corrected chi connectivity index (χ1v) is 9.01. The molecule has 0 bridgehead atoms. The second kappa shape index (κ2) is 7.90. The number of aryl methyl sites for hydroxylation is 1. The van der Waals surface area contributed by atoms with Crippen LogP contribution in [0.2, 0.25) is 0 Å². The zero-order valence-corrected chi connectivity index (χ0v) is 15.1. The lowest BCUT2D eigenvalue weighted by Gasteiger charge is -2.35. The Labute approximate surface area is 145 Å². The molecule has 0 N–H and O–H groups in total. The molecule has 0 amide bonds. The Morgan fingerprint density at radius 3 is 2.67 bits per heavy atom. The minimum Gasteiger partial charge on any atom is -0.305 e. The monoisotopic (exact) mass is 327 g/mol. The van der Waals surface area contributed by atoms with Crippen LogP contribution in [0.3, 0.4) is 0 Å². The van der Waals surface area contributed by atoms with Crippen LogP contribution in [0.4, 0.5) is 0 Å². The maximum atomic E-state index is 4.46. The van der Waals surface area contributed by atoms with Gasteiger partial charge in [-0.1, -0.05) is 30.7 Å². The number of nitrogens with zero attached hydrogens (tertiary/aromatic N) is 5. The number of hydrogen-bond acceptors (Lipinski definition) is 4. The van der Waals surface area contributed by atoms with E-state index >= 15 is 0 Å². The molecule has 24 heavy (non-hydrogen) atoms. The maximum Gasteiger partial charge on any atom is 0.141 e. The highest BCUT2D eigenvalue weighted by Crippen LogP contribution is 2.32. The van der Waals surface area contributed by atoms with Crippen molar-refractivity contribution in [1.29, 1.82) is 0 Å². The van der Waals surface area contributed by atoms with E-state index in [1.165, 1.54) is 30.4 Å². The van der Waals surface area contributed by atoms with Crippen molar-refractivity contribution in [1.82, 2.24) is 24.6 Å². The van der Waals surface area contributed by atoms with Gasteiger partial charge >= 0.3 is 0 Å². The average Bonchev–Trinajstić information content (AvgIpc) is 3.03. The predicted molar refractivity (Wildman–Crippen MR) is 96.5 cm³/mol. The van der Waals surface area contributed by atoms with E-state index in [1.807, 2.05) is 4.68 Å². The molecular formula is C19H29N5. The van der Waals surface area contributed by atoms with Gasteiger partial charge in [-0.15, -0.1) is 0 Å². The number of benzene rings is 1. The van der Waals surface area contributed by atoms with E-state index in [1.54, 1.807) is 6.33 Å². The molecular weight excluding hydrogens is 298 g/mol. The summed E-state index contributed by atoms with van der Waals surface area (Å²) < 4.78 is 2.01. The van der Waals surface area contributed by atoms with Crippen molar-refractivity contribution in [3.63, 3.8) is 0 Å². The lowest BCUT2D eigenvalue weighted by molar-refractivity contribution is 0.134. The Bertz CT molecular complexity index is 631. The maximum absolute atomic E-state index is 4.46. The van der Waals surface area contributed by atoms with Crippen molar-refractivity contribution in [2.24, 2.45) is 0 Å². The second-order valence-electron chi connectivity index (χ2n) is 6.95. The fourth-order valence-electron chi connectivity index (χ4n) is 3.62. The summed E-state index contributed by atoms with van der Waals surface area (Å²) in [4.78, 5) is 9.24. The van der Waals surface area contributed by atoms with E-state index < -0.39 is 0 Å². The molecule has 130 valence electrons. The molecule has 3 rings (SSSR count). The van der Waals surface area contributed by atoms with Crippen LogP contribution in [0.1, 0.15) is 49.2 Å². The van der Waals surface area contributed by atoms with Crippen molar-refractivity contribution in [3.05, 3.63) is 47.5 Å². The van der Waals surface area contributed by atoms with Gasteiger partial charge in [-0.3, -0.25) is 4.90 Å². The first-order valence-electron chi connectivity index (χ1n) is 9.01. The molecule has 5 nitrogen and oxygen atoms in total. The molecule has 0 saturated carbocycles. The van der Waals surface area contributed by atoms with Gasteiger partial charge in [-0.2, -0.15) is 5.10 Å². The van der Waals surface area contributed by atoms with Crippen molar-refractivity contribution < 1.29 is 0 Å². The van der Waals surface area contributed by atoms with Crippen molar-refractivity contribution >= 4 is 0 Å². The van der Waals surface area contributed by atoms with Crippen LogP contribution >= 0.6 is 0 Å². The van der Waals surface area contributed by atoms with Crippen LogP contribution < -0.4 is 0 Å². The molecule has 1 aliphatic heterocycles. The fourth-order valence-corrected chi connectivity index (χ4v) is 3.62. The normalized spacial score (nSPS) is 19.1. The predicted octanol–water partition coefficient (Wildman–Crippen LogP) is 3.09. The van der Waals surface area contributed by atoms with E-state index in [4.69, 9.17) is 0 Å². The summed E-state index contributed by atoms with van der Waals surface area (Å²) in [7, 11) is 4.22. The van der Waals surface area contributed by atoms with Crippen LogP contribution in [-0.2, 0) is 19.6 Å². The van der Waals surface area contributed by atoms with Crippen molar-refractivity contribution in [3.8, 4) is 0 Å². The standard InChI is InChI=1S/C19H29N5/c1-4-24-19(20-15-21-24)14-23-12-6-5-7-18(23)17-10-8-16(9-11-17)13-22(2)3/h8-11,15,18H,4-7,12-14H2,1-3H3/t18-/m0/s1. The molecule has 1 atom stereocenters. The molecule has 0 spiro atoms. The van der Waals surface area contributed by atoms with Crippen molar-refractivity contribution in [2.75, 3.05) is 20.6 Å². The highest BCUT2D eigenvalue weighted by molar-refractivity contribution is 5.25. The Kier molecular flexibility index (Phi) is 5.63. The largest absolute Gasteiger partial charge is 0.305 e. The van der Waals surface area contributed by atoms with E-state index in [0.29, 0.717) is 6.04 Å². The van der Waals surface area contributed by atoms with Gasteiger partial charge in [0.05, 0.1) is 6.54 Å². The number of rotatable bonds is 6. The topological polar surface area (TPSA) is 37.2 Å². The first-order chi connectivity index (χ1) is 11.7. The molecule has 0 aliphatic carbocycles. The van der Waals surface area contributed by atoms with E-state index in [-0.39, 0.29) is 0 Å². The molecule has 0 unspecified atom stereocenters. The van der Waals surface area contributed by atoms with E-state index in [0.717, 1.165) is 32.0 Å². The molecule has 1 fully saturated rings. The summed E-state index contributed by atoms with van der Waals surface area (Å²) in [6, 6.07) is 9.67. The molecule has 1 saturated heterocycles. The van der Waals surface area contributed by atoms with Crippen LogP contribution in [0.5, 0.6) is 0 Å². The fraction of sp³-hybridized carbons (Fsp3) is 0.579. The molecule has 2 heterocycles. The smallest absolute Gasteiger partial charge is 0.141 e. The molecule has 2 aromatic rings. The summed E-state index contributed by atoms with van der Waals surface area (Å²) in [5.74, 6) is 1.08. The van der Waals surface area contributed by atoms with Crippen LogP contribution in [0, 0.1) is 0 Å². The summed E-state index contributed by atoms with van der Waals surface area (Å²) in [6.45, 7) is 6.02. The third-order valence-electron chi connectivity index (χ3n) is 4.82. The van der Waals surface area contributed by atoms with Gasteiger partial charge in [0.25, 0.3) is 0 Å². The zero-order chi connectivity index (χ0) is 16.9. The summed E-state index contributed by atoms with van der Waals surface area (Å²) in [5.41, 5.74) is 2.80. The van der Waals surface area contributed by atoms with Crippen LogP contribution in [0.25, 0.3) is 0 Å². The second-order valence-corrected chi connectivity index (χ2v) is 6.95. The highest BCUT2D eigenvalue weighted by Gasteiger charge is 2.25. The van der Waals surface area contributed by atoms with Gasteiger partial charge in [0.15, 0.2) is 0 Å².